The molecule has 0 unspecified atom stereocenters. The van der Waals surface area contributed by atoms with Crippen molar-refractivity contribution in [1.82, 2.24) is 0 Å². The van der Waals surface area contributed by atoms with E-state index in [4.69, 9.17) is 9.47 Å². The molecule has 104 valence electrons. The third kappa shape index (κ3) is 3.29. The predicted octanol–water partition coefficient (Wildman–Crippen LogP) is 3.06. The Balaban J connectivity index is 2.02. The molecule has 0 aromatic heterocycles. The Morgan fingerprint density at radius 3 is 2.35 bits per heavy atom. The van der Waals surface area contributed by atoms with Gasteiger partial charge in [-0.1, -0.05) is 18.2 Å². The first kappa shape index (κ1) is 13.9. The fourth-order valence-corrected chi connectivity index (χ4v) is 1.79. The summed E-state index contributed by atoms with van der Waals surface area (Å²) < 4.78 is 15.6. The SMILES string of the molecule is COC(=O)c1ccc(OCc2ccccc2OC)cc1. The summed E-state index contributed by atoms with van der Waals surface area (Å²) in [5.41, 5.74) is 1.46. The highest BCUT2D eigenvalue weighted by atomic mass is 16.5. The number of hydrogen-bond acceptors (Lipinski definition) is 4. The minimum atomic E-state index is -0.360. The second kappa shape index (κ2) is 6.61. The molecule has 0 bridgehead atoms. The summed E-state index contributed by atoms with van der Waals surface area (Å²) in [6.07, 6.45) is 0. The number of carbonyl (C=O) groups excluding carboxylic acids is 1. The van der Waals surface area contributed by atoms with Gasteiger partial charge in [0.15, 0.2) is 0 Å². The molecule has 0 atom stereocenters. The van der Waals surface area contributed by atoms with E-state index in [0.29, 0.717) is 17.9 Å². The zero-order valence-corrected chi connectivity index (χ0v) is 11.5. The second-order valence-corrected chi connectivity index (χ2v) is 4.12. The summed E-state index contributed by atoms with van der Waals surface area (Å²) >= 11 is 0. The van der Waals surface area contributed by atoms with Gasteiger partial charge in [-0.25, -0.2) is 4.79 Å². The van der Waals surface area contributed by atoms with Crippen molar-refractivity contribution in [3.63, 3.8) is 0 Å². The standard InChI is InChI=1S/C16H16O4/c1-18-15-6-4-3-5-13(15)11-20-14-9-7-12(8-10-14)16(17)19-2/h3-10H,11H2,1-2H3. The van der Waals surface area contributed by atoms with Crippen LogP contribution in [0.2, 0.25) is 0 Å². The number of esters is 1. The Bertz CT molecular complexity index is 575. The van der Waals surface area contributed by atoms with E-state index in [0.717, 1.165) is 11.3 Å². The van der Waals surface area contributed by atoms with Crippen LogP contribution in [0.15, 0.2) is 48.5 Å². The van der Waals surface area contributed by atoms with Gasteiger partial charge < -0.3 is 14.2 Å². The van der Waals surface area contributed by atoms with E-state index >= 15 is 0 Å². The monoisotopic (exact) mass is 272 g/mol. The molecular formula is C16H16O4. The Kier molecular flexibility index (Phi) is 4.60. The number of benzene rings is 2. The summed E-state index contributed by atoms with van der Waals surface area (Å²) in [5, 5.41) is 0. The molecule has 4 nitrogen and oxygen atoms in total. The zero-order chi connectivity index (χ0) is 14.4. The highest BCUT2D eigenvalue weighted by Crippen LogP contribution is 2.20. The Morgan fingerprint density at radius 1 is 1.00 bits per heavy atom. The topological polar surface area (TPSA) is 44.8 Å². The minimum Gasteiger partial charge on any atom is -0.496 e. The lowest BCUT2D eigenvalue weighted by atomic mass is 10.2. The second-order valence-electron chi connectivity index (χ2n) is 4.12. The van der Waals surface area contributed by atoms with Gasteiger partial charge in [-0.3, -0.25) is 0 Å². The van der Waals surface area contributed by atoms with E-state index in [1.807, 2.05) is 24.3 Å². The third-order valence-corrected chi connectivity index (χ3v) is 2.86. The van der Waals surface area contributed by atoms with Gasteiger partial charge in [-0.05, 0) is 30.3 Å². The van der Waals surface area contributed by atoms with Crippen LogP contribution in [-0.4, -0.2) is 20.2 Å². The summed E-state index contributed by atoms with van der Waals surface area (Å²) in [6, 6.07) is 14.5. The van der Waals surface area contributed by atoms with E-state index in [1.54, 1.807) is 31.4 Å². The van der Waals surface area contributed by atoms with E-state index in [-0.39, 0.29) is 5.97 Å². The molecule has 2 aromatic rings. The normalized spacial score (nSPS) is 9.90. The van der Waals surface area contributed by atoms with Crippen LogP contribution >= 0.6 is 0 Å². The molecule has 0 aliphatic carbocycles. The minimum absolute atomic E-state index is 0.360. The first-order valence-electron chi connectivity index (χ1n) is 6.17. The van der Waals surface area contributed by atoms with Gasteiger partial charge in [0, 0.05) is 5.56 Å². The average Bonchev–Trinajstić information content (AvgIpc) is 2.53. The highest BCUT2D eigenvalue weighted by molar-refractivity contribution is 5.89. The summed E-state index contributed by atoms with van der Waals surface area (Å²) in [6.45, 7) is 0.404. The lowest BCUT2D eigenvalue weighted by Crippen LogP contribution is -2.01. The molecule has 0 fully saturated rings. The number of methoxy groups -OCH3 is 2. The van der Waals surface area contributed by atoms with Gasteiger partial charge in [-0.2, -0.15) is 0 Å². The van der Waals surface area contributed by atoms with Crippen molar-refractivity contribution in [3.05, 3.63) is 59.7 Å². The van der Waals surface area contributed by atoms with Gasteiger partial charge in [0.1, 0.15) is 18.1 Å². The molecule has 0 spiro atoms. The Morgan fingerprint density at radius 2 is 1.70 bits per heavy atom. The Hall–Kier alpha value is -2.49. The van der Waals surface area contributed by atoms with Crippen molar-refractivity contribution >= 4 is 5.97 Å². The van der Waals surface area contributed by atoms with Gasteiger partial charge in [-0.15, -0.1) is 0 Å². The van der Waals surface area contributed by atoms with Gasteiger partial charge in [0.25, 0.3) is 0 Å². The van der Waals surface area contributed by atoms with Crippen LogP contribution in [0.3, 0.4) is 0 Å². The molecule has 0 saturated carbocycles. The van der Waals surface area contributed by atoms with Crippen molar-refractivity contribution in [2.24, 2.45) is 0 Å². The van der Waals surface area contributed by atoms with Crippen LogP contribution in [0.5, 0.6) is 11.5 Å². The average molecular weight is 272 g/mol. The van der Waals surface area contributed by atoms with Crippen LogP contribution in [-0.2, 0) is 11.3 Å². The molecule has 0 radical (unpaired) electrons. The first-order valence-corrected chi connectivity index (χ1v) is 6.17. The third-order valence-electron chi connectivity index (χ3n) is 2.86. The lowest BCUT2D eigenvalue weighted by Gasteiger charge is -2.10. The molecular weight excluding hydrogens is 256 g/mol. The number of ether oxygens (including phenoxy) is 3. The van der Waals surface area contributed by atoms with Crippen molar-refractivity contribution in [1.29, 1.82) is 0 Å². The maximum Gasteiger partial charge on any atom is 0.337 e. The fourth-order valence-electron chi connectivity index (χ4n) is 1.79. The molecule has 0 saturated heterocycles. The molecule has 0 aliphatic rings. The highest BCUT2D eigenvalue weighted by Gasteiger charge is 2.06. The van der Waals surface area contributed by atoms with Gasteiger partial charge >= 0.3 is 5.97 Å². The summed E-state index contributed by atoms with van der Waals surface area (Å²) in [5.74, 6) is 1.11. The summed E-state index contributed by atoms with van der Waals surface area (Å²) in [7, 11) is 2.98. The van der Waals surface area contributed by atoms with Gasteiger partial charge in [0.05, 0.1) is 19.8 Å². The number of hydrogen-bond donors (Lipinski definition) is 0. The zero-order valence-electron chi connectivity index (χ0n) is 11.5. The van der Waals surface area contributed by atoms with Crippen LogP contribution in [0, 0.1) is 0 Å². The molecule has 2 rings (SSSR count). The summed E-state index contributed by atoms with van der Waals surface area (Å²) in [4.78, 5) is 11.3. The molecule has 0 aliphatic heterocycles. The van der Waals surface area contributed by atoms with Crippen LogP contribution < -0.4 is 9.47 Å². The maximum atomic E-state index is 11.3. The number of para-hydroxylation sites is 1. The van der Waals surface area contributed by atoms with Crippen molar-refractivity contribution in [2.45, 2.75) is 6.61 Å². The first-order chi connectivity index (χ1) is 9.74. The lowest BCUT2D eigenvalue weighted by molar-refractivity contribution is 0.0600. The van der Waals surface area contributed by atoms with E-state index in [9.17, 15) is 4.79 Å². The van der Waals surface area contributed by atoms with Crippen LogP contribution in [0.25, 0.3) is 0 Å². The van der Waals surface area contributed by atoms with E-state index in [2.05, 4.69) is 4.74 Å². The molecule has 0 N–H and O–H groups in total. The molecule has 4 heteroatoms. The fraction of sp³-hybridized carbons (Fsp3) is 0.188. The smallest absolute Gasteiger partial charge is 0.337 e. The number of carbonyl (C=O) groups is 1. The largest absolute Gasteiger partial charge is 0.496 e. The van der Waals surface area contributed by atoms with Crippen molar-refractivity contribution in [2.75, 3.05) is 14.2 Å². The van der Waals surface area contributed by atoms with Crippen LogP contribution in [0.1, 0.15) is 15.9 Å². The molecule has 20 heavy (non-hydrogen) atoms. The molecule has 0 amide bonds. The van der Waals surface area contributed by atoms with E-state index in [1.165, 1.54) is 7.11 Å². The number of rotatable bonds is 5. The predicted molar refractivity (Wildman–Crippen MR) is 75.1 cm³/mol. The maximum absolute atomic E-state index is 11.3. The molecule has 0 heterocycles. The van der Waals surface area contributed by atoms with Crippen LogP contribution in [0.4, 0.5) is 0 Å². The van der Waals surface area contributed by atoms with Gasteiger partial charge in [0.2, 0.25) is 0 Å². The molecule has 2 aromatic carbocycles. The van der Waals surface area contributed by atoms with E-state index < -0.39 is 0 Å². The van der Waals surface area contributed by atoms with Crippen molar-refractivity contribution < 1.29 is 19.0 Å². The van der Waals surface area contributed by atoms with Crippen molar-refractivity contribution in [3.8, 4) is 11.5 Å². The quantitative estimate of drug-likeness (QED) is 0.785. The Labute approximate surface area is 117 Å².